The first-order valence-electron chi connectivity index (χ1n) is 7.76. The number of rotatable bonds is 4. The third-order valence-electron chi connectivity index (χ3n) is 4.60. The summed E-state index contributed by atoms with van der Waals surface area (Å²) in [6.45, 7) is 1.59. The van der Waals surface area contributed by atoms with E-state index in [2.05, 4.69) is 5.43 Å². The van der Waals surface area contributed by atoms with Crippen molar-refractivity contribution in [3.8, 4) is 5.75 Å². The number of carbonyl (C=O) groups excluding carboxylic acids is 3. The van der Waals surface area contributed by atoms with E-state index in [-0.39, 0.29) is 18.8 Å². The van der Waals surface area contributed by atoms with Gasteiger partial charge < -0.3 is 9.47 Å². The fourth-order valence-corrected chi connectivity index (χ4v) is 3.43. The van der Waals surface area contributed by atoms with Crippen LogP contribution in [-0.4, -0.2) is 41.5 Å². The Balaban J connectivity index is 1.39. The first kappa shape index (κ1) is 14.9. The third-order valence-corrected chi connectivity index (χ3v) is 4.60. The highest BCUT2D eigenvalue weighted by Gasteiger charge is 2.61. The molecule has 2 fully saturated rings. The number of imide groups is 1. The van der Waals surface area contributed by atoms with E-state index in [1.807, 2.05) is 19.1 Å². The Bertz CT molecular complexity index is 729. The molecule has 1 aromatic rings. The number of nitrogens with zero attached hydrogens (tertiary/aromatic N) is 1. The van der Waals surface area contributed by atoms with E-state index in [1.165, 1.54) is 0 Å². The Labute approximate surface area is 138 Å². The number of aryl methyl sites for hydroxylation is 1. The molecule has 7 heteroatoms. The molecule has 3 aliphatic rings. The van der Waals surface area contributed by atoms with Gasteiger partial charge in [-0.3, -0.25) is 19.8 Å². The van der Waals surface area contributed by atoms with E-state index in [0.717, 1.165) is 10.6 Å². The second-order valence-electron chi connectivity index (χ2n) is 6.10. The standard InChI is InChI=1S/C17H16N2O5/c1-9-4-2-3-5-10(9)23-8-13(20)18-19-16(21)14-11-6-7-12(24-11)15(14)17(19)22/h2-7,11-12,14-15H,8H2,1H3,(H,18,20)/t11-,12+,14+,15-. The summed E-state index contributed by atoms with van der Waals surface area (Å²) in [4.78, 5) is 36.8. The molecule has 0 aromatic heterocycles. The number of para-hydroxylation sites is 1. The van der Waals surface area contributed by atoms with Gasteiger partial charge in [-0.15, -0.1) is 0 Å². The van der Waals surface area contributed by atoms with Crippen molar-refractivity contribution in [2.45, 2.75) is 19.1 Å². The summed E-state index contributed by atoms with van der Waals surface area (Å²) < 4.78 is 11.0. The monoisotopic (exact) mass is 328 g/mol. The van der Waals surface area contributed by atoms with E-state index < -0.39 is 29.6 Å². The molecule has 2 bridgehead atoms. The summed E-state index contributed by atoms with van der Waals surface area (Å²) in [5.41, 5.74) is 3.25. The predicted octanol–water partition coefficient (Wildman–Crippen LogP) is 0.343. The highest BCUT2D eigenvalue weighted by molar-refractivity contribution is 6.07. The van der Waals surface area contributed by atoms with Crippen molar-refractivity contribution in [1.29, 1.82) is 0 Å². The largest absolute Gasteiger partial charge is 0.483 e. The van der Waals surface area contributed by atoms with Crippen molar-refractivity contribution >= 4 is 17.7 Å². The van der Waals surface area contributed by atoms with Crippen molar-refractivity contribution < 1.29 is 23.9 Å². The molecular weight excluding hydrogens is 312 g/mol. The number of carbonyl (C=O) groups is 3. The fraction of sp³-hybridized carbons (Fsp3) is 0.353. The second kappa shape index (κ2) is 5.45. The molecule has 3 heterocycles. The molecular formula is C17H16N2O5. The predicted molar refractivity (Wildman–Crippen MR) is 81.5 cm³/mol. The van der Waals surface area contributed by atoms with Gasteiger partial charge in [0.05, 0.1) is 24.0 Å². The van der Waals surface area contributed by atoms with Crippen LogP contribution in [0.5, 0.6) is 5.75 Å². The van der Waals surface area contributed by atoms with Crippen LogP contribution in [-0.2, 0) is 19.1 Å². The lowest BCUT2D eigenvalue weighted by molar-refractivity contribution is -0.151. The van der Waals surface area contributed by atoms with Crippen LogP contribution in [0, 0.1) is 18.8 Å². The van der Waals surface area contributed by atoms with Crippen molar-refractivity contribution in [3.63, 3.8) is 0 Å². The van der Waals surface area contributed by atoms with Gasteiger partial charge in [-0.25, -0.2) is 0 Å². The molecule has 24 heavy (non-hydrogen) atoms. The van der Waals surface area contributed by atoms with Gasteiger partial charge in [-0.05, 0) is 18.6 Å². The van der Waals surface area contributed by atoms with E-state index in [0.29, 0.717) is 5.75 Å². The first-order chi connectivity index (χ1) is 11.6. The number of benzene rings is 1. The summed E-state index contributed by atoms with van der Waals surface area (Å²) in [7, 11) is 0. The minimum atomic E-state index is -0.554. The number of ether oxygens (including phenoxy) is 2. The molecule has 124 valence electrons. The molecule has 3 aliphatic heterocycles. The van der Waals surface area contributed by atoms with Gasteiger partial charge in [0.1, 0.15) is 5.75 Å². The molecule has 1 aromatic carbocycles. The smallest absolute Gasteiger partial charge is 0.276 e. The maximum absolute atomic E-state index is 12.4. The Morgan fingerprint density at radius 1 is 1.17 bits per heavy atom. The van der Waals surface area contributed by atoms with Crippen molar-refractivity contribution in [2.24, 2.45) is 11.8 Å². The number of hydrazine groups is 1. The molecule has 2 saturated heterocycles. The van der Waals surface area contributed by atoms with Crippen LogP contribution in [0.4, 0.5) is 0 Å². The average molecular weight is 328 g/mol. The lowest BCUT2D eigenvalue weighted by atomic mass is 9.85. The van der Waals surface area contributed by atoms with Crippen LogP contribution in [0.15, 0.2) is 36.4 Å². The van der Waals surface area contributed by atoms with Crippen LogP contribution < -0.4 is 10.2 Å². The molecule has 0 radical (unpaired) electrons. The number of hydrogen-bond donors (Lipinski definition) is 1. The summed E-state index contributed by atoms with van der Waals surface area (Å²) in [6.07, 6.45) is 2.84. The second-order valence-corrected chi connectivity index (χ2v) is 6.10. The number of hydrogen-bond acceptors (Lipinski definition) is 5. The van der Waals surface area contributed by atoms with Gasteiger partial charge in [-0.2, -0.15) is 5.01 Å². The molecule has 3 amide bonds. The Morgan fingerprint density at radius 2 is 1.79 bits per heavy atom. The summed E-state index contributed by atoms with van der Waals surface area (Å²) in [5.74, 6) is -1.90. The summed E-state index contributed by atoms with van der Waals surface area (Å²) >= 11 is 0. The van der Waals surface area contributed by atoms with E-state index in [1.54, 1.807) is 24.3 Å². The third kappa shape index (κ3) is 2.20. The van der Waals surface area contributed by atoms with Crippen LogP contribution in [0.3, 0.4) is 0 Å². The van der Waals surface area contributed by atoms with Crippen LogP contribution >= 0.6 is 0 Å². The number of nitrogens with one attached hydrogen (secondary N) is 1. The van der Waals surface area contributed by atoms with E-state index in [4.69, 9.17) is 9.47 Å². The minimum absolute atomic E-state index is 0.279. The zero-order valence-corrected chi connectivity index (χ0v) is 13.0. The van der Waals surface area contributed by atoms with Gasteiger partial charge in [0, 0.05) is 0 Å². The van der Waals surface area contributed by atoms with E-state index in [9.17, 15) is 14.4 Å². The minimum Gasteiger partial charge on any atom is -0.483 e. The number of fused-ring (bicyclic) bond motifs is 5. The van der Waals surface area contributed by atoms with Crippen LogP contribution in [0.2, 0.25) is 0 Å². The van der Waals surface area contributed by atoms with E-state index >= 15 is 0 Å². The molecule has 0 spiro atoms. The maximum Gasteiger partial charge on any atom is 0.276 e. The fourth-order valence-electron chi connectivity index (χ4n) is 3.43. The Hall–Kier alpha value is -2.67. The quantitative estimate of drug-likeness (QED) is 0.636. The molecule has 4 rings (SSSR count). The average Bonchev–Trinajstić information content (AvgIpc) is 3.24. The van der Waals surface area contributed by atoms with Gasteiger partial charge in [0.2, 0.25) is 0 Å². The Kier molecular flexibility index (Phi) is 3.38. The van der Waals surface area contributed by atoms with Gasteiger partial charge in [0.15, 0.2) is 6.61 Å². The van der Waals surface area contributed by atoms with Crippen LogP contribution in [0.1, 0.15) is 5.56 Å². The topological polar surface area (TPSA) is 84.9 Å². The zero-order chi connectivity index (χ0) is 16.8. The molecule has 7 nitrogen and oxygen atoms in total. The van der Waals surface area contributed by atoms with Crippen molar-refractivity contribution in [3.05, 3.63) is 42.0 Å². The zero-order valence-electron chi connectivity index (χ0n) is 13.0. The normalized spacial score (nSPS) is 30.0. The highest BCUT2D eigenvalue weighted by atomic mass is 16.5. The van der Waals surface area contributed by atoms with Crippen molar-refractivity contribution in [1.82, 2.24) is 10.4 Å². The van der Waals surface area contributed by atoms with Gasteiger partial charge >= 0.3 is 0 Å². The Morgan fingerprint density at radius 3 is 2.42 bits per heavy atom. The highest BCUT2D eigenvalue weighted by Crippen LogP contribution is 2.44. The first-order valence-corrected chi connectivity index (χ1v) is 7.76. The summed E-state index contributed by atoms with van der Waals surface area (Å²) in [5, 5.41) is 0.814. The molecule has 4 atom stereocenters. The van der Waals surface area contributed by atoms with Crippen LogP contribution in [0.25, 0.3) is 0 Å². The summed E-state index contributed by atoms with van der Waals surface area (Å²) in [6, 6.07) is 7.29. The molecule has 0 aliphatic carbocycles. The van der Waals surface area contributed by atoms with Gasteiger partial charge in [0.25, 0.3) is 17.7 Å². The molecule has 1 N–H and O–H groups in total. The lowest BCUT2D eigenvalue weighted by Gasteiger charge is -2.18. The van der Waals surface area contributed by atoms with Crippen molar-refractivity contribution in [2.75, 3.05) is 6.61 Å². The lowest BCUT2D eigenvalue weighted by Crippen LogP contribution is -2.49. The molecule has 0 unspecified atom stereocenters. The SMILES string of the molecule is Cc1ccccc1OCC(=O)NN1C(=O)[C@@H]2[C@H](C1=O)[C@@H]1C=C[C@H]2O1. The number of amides is 3. The molecule has 0 saturated carbocycles. The maximum atomic E-state index is 12.4. The van der Waals surface area contributed by atoms with Gasteiger partial charge in [-0.1, -0.05) is 30.4 Å².